The molecule has 2 N–H and O–H groups in total. The maximum atomic E-state index is 11.8. The first kappa shape index (κ1) is 13.4. The van der Waals surface area contributed by atoms with Crippen molar-refractivity contribution in [2.24, 2.45) is 5.92 Å². The molecule has 0 aliphatic heterocycles. The molecule has 0 heterocycles. The highest BCUT2D eigenvalue weighted by Gasteiger charge is 2.21. The predicted molar refractivity (Wildman–Crippen MR) is 88.9 cm³/mol. The summed E-state index contributed by atoms with van der Waals surface area (Å²) in [5.74, 6) is 0.804. The molecule has 2 aliphatic carbocycles. The average molecular weight is 292 g/mol. The monoisotopic (exact) mass is 292 g/mol. The minimum absolute atomic E-state index is 0.0793. The van der Waals surface area contributed by atoms with Crippen LogP contribution in [0.1, 0.15) is 24.0 Å². The zero-order valence-electron chi connectivity index (χ0n) is 12.6. The largest absolute Gasteiger partial charge is 0.376 e. The molecule has 2 aromatic carbocycles. The first-order valence-electron chi connectivity index (χ1n) is 8.01. The molecule has 0 bridgehead atoms. The van der Waals surface area contributed by atoms with Crippen LogP contribution >= 0.6 is 0 Å². The lowest BCUT2D eigenvalue weighted by Crippen LogP contribution is -2.31. The molecule has 3 heteroatoms. The third-order valence-corrected chi connectivity index (χ3v) is 4.53. The molecule has 0 saturated heterocycles. The van der Waals surface area contributed by atoms with Crippen molar-refractivity contribution < 1.29 is 4.79 Å². The van der Waals surface area contributed by atoms with Crippen molar-refractivity contribution in [1.29, 1.82) is 0 Å². The molecule has 0 radical (unpaired) electrons. The third kappa shape index (κ3) is 2.71. The fourth-order valence-electron chi connectivity index (χ4n) is 3.08. The summed E-state index contributed by atoms with van der Waals surface area (Å²) in [4.78, 5) is 11.8. The van der Waals surface area contributed by atoms with Crippen LogP contribution in [0.3, 0.4) is 0 Å². The Morgan fingerprint density at radius 1 is 1.05 bits per heavy atom. The van der Waals surface area contributed by atoms with Crippen LogP contribution in [0.15, 0.2) is 42.5 Å². The highest BCUT2D eigenvalue weighted by molar-refractivity contribution is 5.82. The number of carbonyl (C=O) groups is 1. The molecule has 2 aliphatic rings. The van der Waals surface area contributed by atoms with E-state index in [1.807, 2.05) is 0 Å². The summed E-state index contributed by atoms with van der Waals surface area (Å²) < 4.78 is 0. The number of nitrogens with one attached hydrogen (secondary N) is 2. The Labute approximate surface area is 130 Å². The minimum atomic E-state index is 0.0793. The lowest BCUT2D eigenvalue weighted by atomic mass is 10.1. The van der Waals surface area contributed by atoms with Gasteiger partial charge in [-0.3, -0.25) is 4.79 Å². The molecule has 22 heavy (non-hydrogen) atoms. The molecule has 1 amide bonds. The lowest BCUT2D eigenvalue weighted by Gasteiger charge is -2.09. The Hall–Kier alpha value is -2.29. The van der Waals surface area contributed by atoms with Gasteiger partial charge in [0, 0.05) is 12.2 Å². The van der Waals surface area contributed by atoms with E-state index in [1.54, 1.807) is 0 Å². The molecular weight excluding hydrogens is 272 g/mol. The molecule has 3 nitrogen and oxygen atoms in total. The molecule has 2 aromatic rings. The lowest BCUT2D eigenvalue weighted by molar-refractivity contribution is -0.119. The Morgan fingerprint density at radius 3 is 2.73 bits per heavy atom. The van der Waals surface area contributed by atoms with Crippen LogP contribution in [0.2, 0.25) is 0 Å². The summed E-state index contributed by atoms with van der Waals surface area (Å²) in [6, 6.07) is 14.9. The molecule has 0 aromatic heterocycles. The fourth-order valence-corrected chi connectivity index (χ4v) is 3.08. The second-order valence-electron chi connectivity index (χ2n) is 6.31. The summed E-state index contributed by atoms with van der Waals surface area (Å²) in [6.45, 7) is 1.18. The van der Waals surface area contributed by atoms with Crippen LogP contribution < -0.4 is 10.6 Å². The Kier molecular flexibility index (Phi) is 3.34. The van der Waals surface area contributed by atoms with E-state index in [4.69, 9.17) is 0 Å². The molecule has 0 unspecified atom stereocenters. The summed E-state index contributed by atoms with van der Waals surface area (Å²) in [7, 11) is 0. The fraction of sp³-hybridized carbons (Fsp3) is 0.316. The Balaban J connectivity index is 1.40. The van der Waals surface area contributed by atoms with Crippen molar-refractivity contribution in [3.63, 3.8) is 0 Å². The van der Waals surface area contributed by atoms with Crippen molar-refractivity contribution in [1.82, 2.24) is 5.32 Å². The summed E-state index contributed by atoms with van der Waals surface area (Å²) >= 11 is 0. The van der Waals surface area contributed by atoms with Gasteiger partial charge in [-0.05, 0) is 59.6 Å². The van der Waals surface area contributed by atoms with Crippen molar-refractivity contribution in [3.8, 4) is 11.1 Å². The van der Waals surface area contributed by atoms with Gasteiger partial charge >= 0.3 is 0 Å². The van der Waals surface area contributed by atoms with E-state index in [0.29, 0.717) is 6.54 Å². The minimum Gasteiger partial charge on any atom is -0.376 e. The van der Waals surface area contributed by atoms with Gasteiger partial charge in [-0.25, -0.2) is 0 Å². The molecule has 0 atom stereocenters. The van der Waals surface area contributed by atoms with Crippen LogP contribution in [0.5, 0.6) is 0 Å². The van der Waals surface area contributed by atoms with E-state index >= 15 is 0 Å². The quantitative estimate of drug-likeness (QED) is 0.758. The van der Waals surface area contributed by atoms with Crippen molar-refractivity contribution in [3.05, 3.63) is 53.6 Å². The van der Waals surface area contributed by atoms with Crippen LogP contribution in [0.25, 0.3) is 11.1 Å². The van der Waals surface area contributed by atoms with Gasteiger partial charge in [0.25, 0.3) is 0 Å². The summed E-state index contributed by atoms with van der Waals surface area (Å²) in [5, 5.41) is 6.21. The van der Waals surface area contributed by atoms with Crippen LogP contribution in [0.4, 0.5) is 5.69 Å². The zero-order chi connectivity index (χ0) is 14.9. The van der Waals surface area contributed by atoms with Crippen molar-refractivity contribution in [2.75, 3.05) is 18.4 Å². The number of hydrogen-bond acceptors (Lipinski definition) is 2. The number of benzene rings is 2. The van der Waals surface area contributed by atoms with E-state index in [-0.39, 0.29) is 5.91 Å². The van der Waals surface area contributed by atoms with E-state index in [0.717, 1.165) is 24.6 Å². The summed E-state index contributed by atoms with van der Waals surface area (Å²) in [5.41, 5.74) is 6.40. The van der Waals surface area contributed by atoms with Gasteiger partial charge in [0.15, 0.2) is 0 Å². The highest BCUT2D eigenvalue weighted by Crippen LogP contribution is 2.37. The Bertz CT molecular complexity index is 719. The SMILES string of the molecule is O=C(CNc1ccc2c(c1)Cc1ccccc1-2)NCC1CC1. The molecule has 112 valence electrons. The smallest absolute Gasteiger partial charge is 0.239 e. The maximum absolute atomic E-state index is 11.8. The molecule has 1 saturated carbocycles. The van der Waals surface area contributed by atoms with E-state index < -0.39 is 0 Å². The van der Waals surface area contributed by atoms with Gasteiger partial charge in [-0.1, -0.05) is 30.3 Å². The number of rotatable bonds is 5. The van der Waals surface area contributed by atoms with Crippen LogP contribution in [-0.2, 0) is 11.2 Å². The highest BCUT2D eigenvalue weighted by atomic mass is 16.1. The van der Waals surface area contributed by atoms with Crippen LogP contribution in [-0.4, -0.2) is 19.0 Å². The standard InChI is InChI=1S/C19H20N2O/c22-19(21-11-13-5-6-13)12-20-16-7-8-18-15(10-16)9-14-3-1-2-4-17(14)18/h1-4,7-8,10,13,20H,5-6,9,11-12H2,(H,21,22). The average Bonchev–Trinajstić information content (AvgIpc) is 3.30. The predicted octanol–water partition coefficient (Wildman–Crippen LogP) is 3.20. The topological polar surface area (TPSA) is 41.1 Å². The third-order valence-electron chi connectivity index (χ3n) is 4.53. The number of hydrogen-bond donors (Lipinski definition) is 2. The van der Waals surface area contributed by atoms with Crippen molar-refractivity contribution in [2.45, 2.75) is 19.3 Å². The zero-order valence-corrected chi connectivity index (χ0v) is 12.6. The molecule has 0 spiro atoms. The first-order chi connectivity index (χ1) is 10.8. The molecule has 4 rings (SSSR count). The van der Waals surface area contributed by atoms with Gasteiger partial charge < -0.3 is 10.6 Å². The summed E-state index contributed by atoms with van der Waals surface area (Å²) in [6.07, 6.45) is 3.51. The second kappa shape index (κ2) is 5.48. The molecular formula is C19H20N2O. The van der Waals surface area contributed by atoms with Crippen LogP contribution in [0, 0.1) is 5.92 Å². The van der Waals surface area contributed by atoms with Gasteiger partial charge in [-0.15, -0.1) is 0 Å². The second-order valence-corrected chi connectivity index (χ2v) is 6.31. The maximum Gasteiger partial charge on any atom is 0.239 e. The number of amides is 1. The number of anilines is 1. The van der Waals surface area contributed by atoms with E-state index in [9.17, 15) is 4.79 Å². The van der Waals surface area contributed by atoms with E-state index in [1.165, 1.54) is 35.1 Å². The Morgan fingerprint density at radius 2 is 1.86 bits per heavy atom. The molecule has 1 fully saturated rings. The number of carbonyl (C=O) groups excluding carboxylic acids is 1. The van der Waals surface area contributed by atoms with Gasteiger partial charge in [0.05, 0.1) is 6.54 Å². The van der Waals surface area contributed by atoms with Gasteiger partial charge in [0.2, 0.25) is 5.91 Å². The van der Waals surface area contributed by atoms with Gasteiger partial charge in [0.1, 0.15) is 0 Å². The first-order valence-corrected chi connectivity index (χ1v) is 8.01. The van der Waals surface area contributed by atoms with E-state index in [2.05, 4.69) is 53.1 Å². The normalized spacial score (nSPS) is 15.1. The van der Waals surface area contributed by atoms with Crippen molar-refractivity contribution >= 4 is 11.6 Å². The van der Waals surface area contributed by atoms with Gasteiger partial charge in [-0.2, -0.15) is 0 Å². The number of fused-ring (bicyclic) bond motifs is 3.